The van der Waals surface area contributed by atoms with E-state index in [9.17, 15) is 31.2 Å². The van der Waals surface area contributed by atoms with Gasteiger partial charge in [-0.3, -0.25) is 9.59 Å². The van der Waals surface area contributed by atoms with Gasteiger partial charge >= 0.3 is 6.18 Å². The maximum absolute atomic E-state index is 12.9. The van der Waals surface area contributed by atoms with E-state index >= 15 is 0 Å². The van der Waals surface area contributed by atoms with E-state index in [2.05, 4.69) is 15.5 Å². The predicted molar refractivity (Wildman–Crippen MR) is 99.4 cm³/mol. The number of rotatable bonds is 4. The Morgan fingerprint density at radius 2 is 2.00 bits per heavy atom. The number of hydrogen-bond donors (Lipinski definition) is 1. The number of aldehydes is 1. The van der Waals surface area contributed by atoms with Crippen molar-refractivity contribution in [1.29, 1.82) is 0 Å². The number of anilines is 1. The highest BCUT2D eigenvalue weighted by molar-refractivity contribution is 7.90. The fraction of sp³-hybridized carbons (Fsp3) is 0.412. The minimum Gasteiger partial charge on any atom is -0.334 e. The number of carbonyl (C=O) groups excluding carboxylic acids is 2. The molecular formula is C17H14F3N3O5S2. The van der Waals surface area contributed by atoms with Crippen LogP contribution in [0, 0.1) is 0 Å². The highest BCUT2D eigenvalue weighted by Crippen LogP contribution is 2.44. The minimum atomic E-state index is -4.82. The lowest BCUT2D eigenvalue weighted by molar-refractivity contribution is -0.146. The van der Waals surface area contributed by atoms with E-state index in [0.29, 0.717) is 47.1 Å². The first-order chi connectivity index (χ1) is 14.1. The molecular weight excluding hydrogens is 447 g/mol. The molecule has 0 bridgehead atoms. The molecule has 0 fully saturated rings. The van der Waals surface area contributed by atoms with Crippen molar-refractivity contribution in [3.8, 4) is 11.5 Å². The molecule has 0 atom stereocenters. The molecule has 30 heavy (non-hydrogen) atoms. The third-order valence-electron chi connectivity index (χ3n) is 4.90. The molecule has 3 heterocycles. The number of carbonyl (C=O) groups is 2. The number of amides is 1. The summed E-state index contributed by atoms with van der Waals surface area (Å²) in [6.07, 6.45) is -2.65. The third-order valence-corrected chi connectivity index (χ3v) is 7.79. The monoisotopic (exact) mass is 461 g/mol. The molecule has 0 radical (unpaired) electrons. The van der Waals surface area contributed by atoms with E-state index in [1.807, 2.05) is 0 Å². The van der Waals surface area contributed by atoms with Crippen LogP contribution in [-0.2, 0) is 37.8 Å². The van der Waals surface area contributed by atoms with Crippen LogP contribution in [0.4, 0.5) is 18.2 Å². The summed E-state index contributed by atoms with van der Waals surface area (Å²) in [5.41, 5.74) is 1.22. The van der Waals surface area contributed by atoms with E-state index < -0.39 is 33.6 Å². The summed E-state index contributed by atoms with van der Waals surface area (Å²) < 4.78 is 67.5. The molecule has 160 valence electrons. The van der Waals surface area contributed by atoms with Crippen LogP contribution in [0.1, 0.15) is 35.5 Å². The first-order valence-corrected chi connectivity index (χ1v) is 11.5. The number of alkyl halides is 3. The van der Waals surface area contributed by atoms with Crippen LogP contribution >= 0.6 is 11.3 Å². The summed E-state index contributed by atoms with van der Waals surface area (Å²) in [5.74, 6) is -2.96. The van der Waals surface area contributed by atoms with Gasteiger partial charge in [0.2, 0.25) is 0 Å². The van der Waals surface area contributed by atoms with Crippen LogP contribution in [0.25, 0.3) is 11.5 Å². The van der Waals surface area contributed by atoms with Crippen molar-refractivity contribution in [2.24, 2.45) is 0 Å². The second-order valence-electron chi connectivity index (χ2n) is 6.90. The quantitative estimate of drug-likeness (QED) is 0.696. The Balaban J connectivity index is 1.78. The van der Waals surface area contributed by atoms with Crippen LogP contribution < -0.4 is 5.32 Å². The zero-order valence-electron chi connectivity index (χ0n) is 15.2. The fourth-order valence-electron chi connectivity index (χ4n) is 3.51. The van der Waals surface area contributed by atoms with Gasteiger partial charge in [0.05, 0.1) is 17.1 Å². The van der Waals surface area contributed by atoms with Crippen molar-refractivity contribution in [1.82, 2.24) is 10.1 Å². The Morgan fingerprint density at radius 1 is 1.23 bits per heavy atom. The second kappa shape index (κ2) is 7.30. The smallest absolute Gasteiger partial charge is 0.334 e. The van der Waals surface area contributed by atoms with E-state index in [1.165, 1.54) is 0 Å². The van der Waals surface area contributed by atoms with E-state index in [-0.39, 0.29) is 28.5 Å². The molecule has 0 spiro atoms. The standard InChI is InChI=1S/C17H14F3N3O5S2/c18-17(19,20)16-22-14(28-23-16)12-10-4-5-30(26,27)7-11(10)29-15(12)21-13(25)9-3-1-2-8(9)6-24/h6H,1-5,7H2,(H,21,25). The molecule has 2 aromatic rings. The fourth-order valence-corrected chi connectivity index (χ4v) is 6.55. The average Bonchev–Trinajstić information content (AvgIpc) is 3.37. The Labute approximate surface area is 172 Å². The molecule has 1 amide bonds. The number of fused-ring (bicyclic) bond motifs is 1. The maximum atomic E-state index is 12.9. The molecule has 2 aromatic heterocycles. The molecule has 4 rings (SSSR count). The predicted octanol–water partition coefficient (Wildman–Crippen LogP) is 2.91. The van der Waals surface area contributed by atoms with Crippen LogP contribution in [-0.4, -0.2) is 36.5 Å². The average molecular weight is 461 g/mol. The summed E-state index contributed by atoms with van der Waals surface area (Å²) in [5, 5.41) is 5.67. The number of halogens is 3. The number of nitrogens with one attached hydrogen (secondary N) is 1. The topological polar surface area (TPSA) is 119 Å². The van der Waals surface area contributed by atoms with E-state index in [0.717, 1.165) is 11.3 Å². The summed E-state index contributed by atoms with van der Waals surface area (Å²) in [4.78, 5) is 27.6. The zero-order chi connectivity index (χ0) is 21.7. The lowest BCUT2D eigenvalue weighted by Crippen LogP contribution is -2.17. The van der Waals surface area contributed by atoms with E-state index in [1.54, 1.807) is 0 Å². The highest BCUT2D eigenvalue weighted by Gasteiger charge is 2.39. The molecule has 1 N–H and O–H groups in total. The van der Waals surface area contributed by atoms with Gasteiger partial charge in [-0.2, -0.15) is 18.2 Å². The highest BCUT2D eigenvalue weighted by atomic mass is 32.2. The number of aromatic nitrogens is 2. The molecule has 2 aliphatic rings. The Kier molecular flexibility index (Phi) is 5.04. The van der Waals surface area contributed by atoms with Crippen LogP contribution in [0.15, 0.2) is 15.7 Å². The van der Waals surface area contributed by atoms with Gasteiger partial charge in [-0.25, -0.2) is 8.42 Å². The zero-order valence-corrected chi connectivity index (χ0v) is 16.8. The van der Waals surface area contributed by atoms with Gasteiger partial charge in [-0.05, 0) is 31.2 Å². The molecule has 8 nitrogen and oxygen atoms in total. The van der Waals surface area contributed by atoms with Crippen LogP contribution in [0.2, 0.25) is 0 Å². The lowest BCUT2D eigenvalue weighted by Gasteiger charge is -2.12. The van der Waals surface area contributed by atoms with Crippen molar-refractivity contribution >= 4 is 38.4 Å². The van der Waals surface area contributed by atoms with Gasteiger partial charge in [-0.1, -0.05) is 5.16 Å². The van der Waals surface area contributed by atoms with Crippen LogP contribution in [0.5, 0.6) is 0 Å². The van der Waals surface area contributed by atoms with Crippen molar-refractivity contribution in [2.75, 3.05) is 11.1 Å². The molecule has 0 saturated carbocycles. The summed E-state index contributed by atoms with van der Waals surface area (Å²) in [7, 11) is -3.36. The van der Waals surface area contributed by atoms with Crippen molar-refractivity contribution < 1.29 is 35.7 Å². The summed E-state index contributed by atoms with van der Waals surface area (Å²) in [6.45, 7) is 0. The van der Waals surface area contributed by atoms with Crippen molar-refractivity contribution in [2.45, 2.75) is 37.6 Å². The molecule has 0 aromatic carbocycles. The Bertz CT molecular complexity index is 1180. The van der Waals surface area contributed by atoms with Gasteiger partial charge in [-0.15, -0.1) is 11.3 Å². The molecule has 1 aliphatic heterocycles. The Morgan fingerprint density at radius 3 is 2.67 bits per heavy atom. The second-order valence-corrected chi connectivity index (χ2v) is 10.2. The molecule has 0 unspecified atom stereocenters. The van der Waals surface area contributed by atoms with E-state index in [4.69, 9.17) is 4.52 Å². The Hall–Kier alpha value is -2.54. The first-order valence-electron chi connectivity index (χ1n) is 8.84. The third kappa shape index (κ3) is 3.78. The summed E-state index contributed by atoms with van der Waals surface area (Å²) in [6, 6.07) is 0. The van der Waals surface area contributed by atoms with Crippen molar-refractivity contribution in [3.05, 3.63) is 27.4 Å². The molecule has 0 saturated heterocycles. The number of thiophene rings is 1. The van der Waals surface area contributed by atoms with Crippen LogP contribution in [0.3, 0.4) is 0 Å². The minimum absolute atomic E-state index is 0.0470. The van der Waals surface area contributed by atoms with Gasteiger partial charge in [0.15, 0.2) is 9.84 Å². The van der Waals surface area contributed by atoms with Gasteiger partial charge in [0.1, 0.15) is 11.3 Å². The normalized spacial score (nSPS) is 18.4. The van der Waals surface area contributed by atoms with Crippen molar-refractivity contribution in [3.63, 3.8) is 0 Å². The largest absolute Gasteiger partial charge is 0.455 e. The molecule has 13 heteroatoms. The maximum Gasteiger partial charge on any atom is 0.455 e. The van der Waals surface area contributed by atoms with Gasteiger partial charge in [0, 0.05) is 16.0 Å². The first kappa shape index (κ1) is 20.7. The molecule has 1 aliphatic carbocycles. The van der Waals surface area contributed by atoms with Gasteiger partial charge in [0.25, 0.3) is 17.6 Å². The number of hydrogen-bond acceptors (Lipinski definition) is 8. The number of sulfone groups is 1. The number of allylic oxidation sites excluding steroid dienone is 1. The lowest BCUT2D eigenvalue weighted by atomic mass is 10.1. The number of nitrogens with zero attached hydrogens (tertiary/aromatic N) is 2. The van der Waals surface area contributed by atoms with Gasteiger partial charge < -0.3 is 9.84 Å². The SMILES string of the molecule is O=CC1=C(C(=O)Nc2sc3c(c2-c2nc(C(F)(F)F)no2)CCS(=O)(=O)C3)CCC1. The summed E-state index contributed by atoms with van der Waals surface area (Å²) >= 11 is 0.941.